The van der Waals surface area contributed by atoms with Crippen molar-refractivity contribution in [2.24, 2.45) is 0 Å². The fourth-order valence-electron chi connectivity index (χ4n) is 2.71. The second-order valence-electron chi connectivity index (χ2n) is 5.32. The maximum absolute atomic E-state index is 11.6. The van der Waals surface area contributed by atoms with Crippen LogP contribution in [0.15, 0.2) is 24.5 Å². The normalized spacial score (nSPS) is 17.3. The lowest BCUT2D eigenvalue weighted by Gasteiger charge is -2.34. The van der Waals surface area contributed by atoms with Crippen molar-refractivity contribution in [3.8, 4) is 0 Å². The molecule has 0 saturated carbocycles. The lowest BCUT2D eigenvalue weighted by Crippen LogP contribution is -2.48. The maximum Gasteiger partial charge on any atom is 0.211 e. The molecule has 0 aliphatic carbocycles. The molecule has 112 valence electrons. The highest BCUT2D eigenvalue weighted by molar-refractivity contribution is 7.88. The van der Waals surface area contributed by atoms with Crippen molar-refractivity contribution in [2.45, 2.75) is 6.92 Å². The number of hydrogen-bond donors (Lipinski definition) is 0. The van der Waals surface area contributed by atoms with E-state index < -0.39 is 10.0 Å². The van der Waals surface area contributed by atoms with Crippen molar-refractivity contribution >= 4 is 26.7 Å². The van der Waals surface area contributed by atoms with E-state index in [-0.39, 0.29) is 0 Å². The molecular weight excluding hydrogens is 288 g/mol. The average molecular weight is 306 g/mol. The summed E-state index contributed by atoms with van der Waals surface area (Å²) in [5.74, 6) is 0.886. The average Bonchev–Trinajstić information content (AvgIpc) is 2.46. The van der Waals surface area contributed by atoms with E-state index in [4.69, 9.17) is 0 Å². The van der Waals surface area contributed by atoms with Gasteiger partial charge in [-0.15, -0.1) is 0 Å². The third-order valence-electron chi connectivity index (χ3n) is 3.85. The number of sulfonamides is 1. The Bertz CT molecular complexity index is 768. The third kappa shape index (κ3) is 2.71. The lowest BCUT2D eigenvalue weighted by molar-refractivity contribution is 0.387. The van der Waals surface area contributed by atoms with Crippen LogP contribution in [0.25, 0.3) is 10.9 Å². The van der Waals surface area contributed by atoms with E-state index in [9.17, 15) is 8.42 Å². The van der Waals surface area contributed by atoms with Gasteiger partial charge in [0.05, 0.1) is 11.8 Å². The predicted octanol–water partition coefficient (Wildman–Crippen LogP) is 1.02. The number of rotatable bonds is 2. The van der Waals surface area contributed by atoms with Gasteiger partial charge in [-0.2, -0.15) is 4.31 Å². The Kier molecular flexibility index (Phi) is 3.54. The second-order valence-corrected chi connectivity index (χ2v) is 7.30. The van der Waals surface area contributed by atoms with Gasteiger partial charge in [0, 0.05) is 31.6 Å². The minimum Gasteiger partial charge on any atom is -0.353 e. The summed E-state index contributed by atoms with van der Waals surface area (Å²) in [5.41, 5.74) is 2.07. The minimum absolute atomic E-state index is 0.496. The Morgan fingerprint density at radius 1 is 1.10 bits per heavy atom. The van der Waals surface area contributed by atoms with Gasteiger partial charge in [0.1, 0.15) is 12.1 Å². The predicted molar refractivity (Wildman–Crippen MR) is 82.9 cm³/mol. The number of aryl methyl sites for hydroxylation is 1. The molecule has 1 fully saturated rings. The standard InChI is InChI=1S/C14H18N4O2S/c1-11-4-3-5-12-13(11)15-10-16-14(12)17-6-8-18(9-7-17)21(2,19)20/h3-5,10H,6-9H2,1-2H3. The number of benzene rings is 1. The van der Waals surface area contributed by atoms with Crippen LogP contribution in [0.4, 0.5) is 5.82 Å². The van der Waals surface area contributed by atoms with Crippen LogP contribution in [0.5, 0.6) is 0 Å². The van der Waals surface area contributed by atoms with E-state index in [2.05, 4.69) is 14.9 Å². The fraction of sp³-hybridized carbons (Fsp3) is 0.429. The summed E-state index contributed by atoms with van der Waals surface area (Å²) < 4.78 is 24.6. The molecule has 1 aromatic carbocycles. The molecule has 1 saturated heterocycles. The molecular formula is C14H18N4O2S. The second kappa shape index (κ2) is 5.23. The first-order chi connectivity index (χ1) is 9.97. The van der Waals surface area contributed by atoms with Gasteiger partial charge in [0.2, 0.25) is 10.0 Å². The highest BCUT2D eigenvalue weighted by Crippen LogP contribution is 2.25. The zero-order valence-electron chi connectivity index (χ0n) is 12.2. The molecule has 0 spiro atoms. The molecule has 21 heavy (non-hydrogen) atoms. The van der Waals surface area contributed by atoms with E-state index >= 15 is 0 Å². The molecule has 2 heterocycles. The summed E-state index contributed by atoms with van der Waals surface area (Å²) >= 11 is 0. The van der Waals surface area contributed by atoms with E-state index in [0.29, 0.717) is 26.2 Å². The number of piperazine rings is 1. The van der Waals surface area contributed by atoms with Crippen LogP contribution >= 0.6 is 0 Å². The summed E-state index contributed by atoms with van der Waals surface area (Å²) in [6.45, 7) is 4.31. The Labute approximate surface area is 124 Å². The van der Waals surface area contributed by atoms with Crippen LogP contribution in [0.2, 0.25) is 0 Å². The molecule has 0 bridgehead atoms. The molecule has 1 aliphatic heterocycles. The smallest absolute Gasteiger partial charge is 0.211 e. The van der Waals surface area contributed by atoms with Crippen molar-refractivity contribution in [1.82, 2.24) is 14.3 Å². The SMILES string of the molecule is Cc1cccc2c(N3CCN(S(C)(=O)=O)CC3)ncnc12. The number of nitrogens with zero attached hydrogens (tertiary/aromatic N) is 4. The van der Waals surface area contributed by atoms with Crippen LogP contribution in [0, 0.1) is 6.92 Å². The van der Waals surface area contributed by atoms with E-state index in [0.717, 1.165) is 22.3 Å². The number of anilines is 1. The molecule has 0 amide bonds. The summed E-state index contributed by atoms with van der Waals surface area (Å²) in [6.07, 6.45) is 2.83. The molecule has 0 unspecified atom stereocenters. The molecule has 0 N–H and O–H groups in total. The molecule has 1 aromatic heterocycles. The third-order valence-corrected chi connectivity index (χ3v) is 5.16. The highest BCUT2D eigenvalue weighted by Gasteiger charge is 2.25. The van der Waals surface area contributed by atoms with Crippen molar-refractivity contribution in [3.63, 3.8) is 0 Å². The first-order valence-electron chi connectivity index (χ1n) is 6.87. The molecule has 6 nitrogen and oxygen atoms in total. The Morgan fingerprint density at radius 3 is 2.48 bits per heavy atom. The lowest BCUT2D eigenvalue weighted by atomic mass is 10.1. The van der Waals surface area contributed by atoms with Crippen LogP contribution in [0.1, 0.15) is 5.56 Å². The van der Waals surface area contributed by atoms with Gasteiger partial charge in [-0.25, -0.2) is 18.4 Å². The number of fused-ring (bicyclic) bond motifs is 1. The highest BCUT2D eigenvalue weighted by atomic mass is 32.2. The maximum atomic E-state index is 11.6. The van der Waals surface area contributed by atoms with Crippen LogP contribution in [-0.4, -0.2) is 55.1 Å². The van der Waals surface area contributed by atoms with Gasteiger partial charge < -0.3 is 4.90 Å². The van der Waals surface area contributed by atoms with Crippen molar-refractivity contribution in [3.05, 3.63) is 30.1 Å². The van der Waals surface area contributed by atoms with Crippen molar-refractivity contribution in [1.29, 1.82) is 0 Å². The van der Waals surface area contributed by atoms with Crippen molar-refractivity contribution < 1.29 is 8.42 Å². The first-order valence-corrected chi connectivity index (χ1v) is 8.72. The molecule has 2 aromatic rings. The Balaban J connectivity index is 1.91. The van der Waals surface area contributed by atoms with Crippen LogP contribution < -0.4 is 4.90 Å². The van der Waals surface area contributed by atoms with E-state index in [1.807, 2.05) is 25.1 Å². The number of aromatic nitrogens is 2. The van der Waals surface area contributed by atoms with Crippen LogP contribution in [0.3, 0.4) is 0 Å². The molecule has 0 radical (unpaired) electrons. The molecule has 0 atom stereocenters. The van der Waals surface area contributed by atoms with Crippen molar-refractivity contribution in [2.75, 3.05) is 37.3 Å². The first kappa shape index (κ1) is 14.2. The summed E-state index contributed by atoms with van der Waals surface area (Å²) in [5, 5.41) is 1.02. The van der Waals surface area contributed by atoms with Gasteiger partial charge in [-0.05, 0) is 18.6 Å². The van der Waals surface area contributed by atoms with Gasteiger partial charge in [0.15, 0.2) is 0 Å². The molecule has 3 rings (SSSR count). The monoisotopic (exact) mass is 306 g/mol. The number of para-hydroxylation sites is 1. The quantitative estimate of drug-likeness (QED) is 0.829. The number of hydrogen-bond acceptors (Lipinski definition) is 5. The fourth-order valence-corrected chi connectivity index (χ4v) is 3.53. The van der Waals surface area contributed by atoms with E-state index in [1.54, 1.807) is 6.33 Å². The molecule has 1 aliphatic rings. The zero-order chi connectivity index (χ0) is 15.0. The van der Waals surface area contributed by atoms with E-state index in [1.165, 1.54) is 10.6 Å². The zero-order valence-corrected chi connectivity index (χ0v) is 13.0. The van der Waals surface area contributed by atoms with Gasteiger partial charge in [0.25, 0.3) is 0 Å². The Hall–Kier alpha value is -1.73. The van der Waals surface area contributed by atoms with Gasteiger partial charge in [-0.3, -0.25) is 0 Å². The summed E-state index contributed by atoms with van der Waals surface area (Å²) in [4.78, 5) is 10.9. The van der Waals surface area contributed by atoms with Gasteiger partial charge in [-0.1, -0.05) is 12.1 Å². The Morgan fingerprint density at radius 2 is 1.81 bits per heavy atom. The summed E-state index contributed by atoms with van der Waals surface area (Å²) in [6, 6.07) is 6.04. The molecule has 7 heteroatoms. The van der Waals surface area contributed by atoms with Crippen LogP contribution in [-0.2, 0) is 10.0 Å². The summed E-state index contributed by atoms with van der Waals surface area (Å²) in [7, 11) is -3.11. The van der Waals surface area contributed by atoms with Gasteiger partial charge >= 0.3 is 0 Å². The largest absolute Gasteiger partial charge is 0.353 e. The minimum atomic E-state index is -3.11. The topological polar surface area (TPSA) is 66.4 Å².